The van der Waals surface area contributed by atoms with Gasteiger partial charge in [0.15, 0.2) is 5.82 Å². The maximum atomic E-state index is 13.7. The van der Waals surface area contributed by atoms with E-state index in [1.807, 2.05) is 0 Å². The monoisotopic (exact) mass is 275 g/mol. The van der Waals surface area contributed by atoms with Crippen LogP contribution >= 0.6 is 0 Å². The molecule has 2 aromatic rings. The molecule has 1 heterocycles. The summed E-state index contributed by atoms with van der Waals surface area (Å²) in [7, 11) is 0. The fourth-order valence-electron chi connectivity index (χ4n) is 2.67. The van der Waals surface area contributed by atoms with E-state index in [2.05, 4.69) is 17.1 Å². The van der Waals surface area contributed by atoms with E-state index >= 15 is 0 Å². The minimum Gasteiger partial charge on any atom is -0.334 e. The van der Waals surface area contributed by atoms with Crippen LogP contribution in [0, 0.1) is 11.7 Å². The van der Waals surface area contributed by atoms with Crippen molar-refractivity contribution in [1.82, 2.24) is 10.1 Å². The van der Waals surface area contributed by atoms with Gasteiger partial charge in [-0.05, 0) is 43.7 Å². The second kappa shape index (κ2) is 4.98. The minimum absolute atomic E-state index is 0.196. The summed E-state index contributed by atoms with van der Waals surface area (Å²) in [6.07, 6.45) is 3.79. The van der Waals surface area contributed by atoms with E-state index < -0.39 is 5.54 Å². The third kappa shape index (κ3) is 2.33. The first-order valence-corrected chi connectivity index (χ1v) is 6.96. The maximum Gasteiger partial charge on any atom is 0.260 e. The fourth-order valence-corrected chi connectivity index (χ4v) is 2.67. The molecule has 1 saturated carbocycles. The Balaban J connectivity index is 1.89. The zero-order chi connectivity index (χ0) is 14.2. The number of benzene rings is 1. The molecule has 5 heteroatoms. The van der Waals surface area contributed by atoms with Crippen LogP contribution in [0.1, 0.15) is 38.4 Å². The summed E-state index contributed by atoms with van der Waals surface area (Å²) in [5, 5.41) is 3.98. The number of nitrogens with two attached hydrogens (primary N) is 1. The second-order valence-corrected chi connectivity index (χ2v) is 5.74. The Morgan fingerprint density at radius 2 is 2.00 bits per heavy atom. The lowest BCUT2D eigenvalue weighted by Gasteiger charge is -2.33. The number of hydrogen-bond acceptors (Lipinski definition) is 4. The quantitative estimate of drug-likeness (QED) is 0.913. The van der Waals surface area contributed by atoms with Gasteiger partial charge in [-0.2, -0.15) is 4.98 Å². The van der Waals surface area contributed by atoms with Crippen LogP contribution < -0.4 is 5.73 Å². The summed E-state index contributed by atoms with van der Waals surface area (Å²) in [4.78, 5) is 4.32. The maximum absolute atomic E-state index is 13.7. The zero-order valence-electron chi connectivity index (χ0n) is 11.5. The average molecular weight is 275 g/mol. The average Bonchev–Trinajstić information content (AvgIpc) is 2.93. The molecule has 0 unspecified atom stereocenters. The highest BCUT2D eigenvalue weighted by Crippen LogP contribution is 2.36. The summed E-state index contributed by atoms with van der Waals surface area (Å²) in [6.45, 7) is 2.22. The van der Waals surface area contributed by atoms with Gasteiger partial charge in [0, 0.05) is 0 Å². The van der Waals surface area contributed by atoms with Gasteiger partial charge in [-0.15, -0.1) is 0 Å². The number of halogens is 1. The topological polar surface area (TPSA) is 64.9 Å². The Kier molecular flexibility index (Phi) is 3.30. The van der Waals surface area contributed by atoms with Gasteiger partial charge in [0.2, 0.25) is 0 Å². The third-order valence-corrected chi connectivity index (χ3v) is 4.14. The smallest absolute Gasteiger partial charge is 0.260 e. The van der Waals surface area contributed by atoms with Gasteiger partial charge in [0.25, 0.3) is 5.89 Å². The molecular weight excluding hydrogens is 257 g/mol. The van der Waals surface area contributed by atoms with Crippen molar-refractivity contribution in [2.24, 2.45) is 11.7 Å². The van der Waals surface area contributed by atoms with Gasteiger partial charge in [-0.3, -0.25) is 0 Å². The molecular formula is C15H18FN3O. The summed E-state index contributed by atoms with van der Waals surface area (Å²) < 4.78 is 18.9. The van der Waals surface area contributed by atoms with Crippen LogP contribution in [0.3, 0.4) is 0 Å². The van der Waals surface area contributed by atoms with Crippen molar-refractivity contribution < 1.29 is 8.91 Å². The van der Waals surface area contributed by atoms with Crippen LogP contribution in [-0.4, -0.2) is 10.1 Å². The lowest BCUT2D eigenvalue weighted by molar-refractivity contribution is 0.230. The molecule has 1 aromatic carbocycles. The molecule has 1 aliphatic rings. The predicted octanol–water partition coefficient (Wildman–Crippen LogP) is 3.24. The predicted molar refractivity (Wildman–Crippen MR) is 73.2 cm³/mol. The first-order valence-electron chi connectivity index (χ1n) is 6.96. The van der Waals surface area contributed by atoms with Crippen molar-refractivity contribution in [2.45, 2.75) is 38.1 Å². The van der Waals surface area contributed by atoms with Crippen molar-refractivity contribution in [3.63, 3.8) is 0 Å². The van der Waals surface area contributed by atoms with Crippen molar-refractivity contribution in [2.75, 3.05) is 0 Å². The molecule has 1 aliphatic carbocycles. The van der Waals surface area contributed by atoms with Gasteiger partial charge < -0.3 is 10.3 Å². The molecule has 0 spiro atoms. The molecule has 0 bridgehead atoms. The summed E-state index contributed by atoms with van der Waals surface area (Å²) in [5.41, 5.74) is 6.17. The van der Waals surface area contributed by atoms with Gasteiger partial charge in [-0.1, -0.05) is 24.2 Å². The standard InChI is InChI=1S/C15H18FN3O/c1-10-6-8-15(17,9-7-10)14-18-13(20-19-14)11-4-2-3-5-12(11)16/h2-5,10H,6-9,17H2,1H3. The van der Waals surface area contributed by atoms with Crippen LogP contribution in [-0.2, 0) is 5.54 Å². The van der Waals surface area contributed by atoms with Crippen LogP contribution in [0.25, 0.3) is 11.5 Å². The normalized spacial score (nSPS) is 26.6. The highest BCUT2D eigenvalue weighted by atomic mass is 19.1. The Morgan fingerprint density at radius 3 is 2.70 bits per heavy atom. The van der Waals surface area contributed by atoms with Crippen molar-refractivity contribution in [1.29, 1.82) is 0 Å². The van der Waals surface area contributed by atoms with Crippen molar-refractivity contribution >= 4 is 0 Å². The fraction of sp³-hybridized carbons (Fsp3) is 0.467. The molecule has 2 N–H and O–H groups in total. The highest BCUT2D eigenvalue weighted by molar-refractivity contribution is 5.53. The number of rotatable bonds is 2. The van der Waals surface area contributed by atoms with Crippen LogP contribution in [0.2, 0.25) is 0 Å². The summed E-state index contributed by atoms with van der Waals surface area (Å²) >= 11 is 0. The third-order valence-electron chi connectivity index (χ3n) is 4.14. The molecule has 0 radical (unpaired) electrons. The molecule has 0 amide bonds. The first kappa shape index (κ1) is 13.2. The largest absolute Gasteiger partial charge is 0.334 e. The Hall–Kier alpha value is -1.75. The Morgan fingerprint density at radius 1 is 1.30 bits per heavy atom. The van der Waals surface area contributed by atoms with Crippen LogP contribution in [0.4, 0.5) is 4.39 Å². The second-order valence-electron chi connectivity index (χ2n) is 5.74. The summed E-state index contributed by atoms with van der Waals surface area (Å²) in [5.74, 6) is 1.000. The molecule has 0 atom stereocenters. The molecule has 0 aliphatic heterocycles. The minimum atomic E-state index is -0.542. The van der Waals surface area contributed by atoms with Crippen LogP contribution in [0.15, 0.2) is 28.8 Å². The number of hydrogen-bond donors (Lipinski definition) is 1. The Bertz CT molecular complexity index is 603. The SMILES string of the molecule is CC1CCC(N)(c2noc(-c3ccccc3F)n2)CC1. The van der Waals surface area contributed by atoms with Crippen molar-refractivity contribution in [3.8, 4) is 11.5 Å². The van der Waals surface area contributed by atoms with E-state index in [0.29, 0.717) is 17.3 Å². The lowest BCUT2D eigenvalue weighted by Crippen LogP contribution is -2.41. The van der Waals surface area contributed by atoms with E-state index in [1.54, 1.807) is 18.2 Å². The van der Waals surface area contributed by atoms with E-state index in [4.69, 9.17) is 10.3 Å². The van der Waals surface area contributed by atoms with E-state index in [1.165, 1.54) is 6.07 Å². The van der Waals surface area contributed by atoms with Gasteiger partial charge >= 0.3 is 0 Å². The Labute approximate surface area is 117 Å². The molecule has 20 heavy (non-hydrogen) atoms. The van der Waals surface area contributed by atoms with E-state index in [9.17, 15) is 4.39 Å². The molecule has 1 fully saturated rings. The van der Waals surface area contributed by atoms with Gasteiger partial charge in [0.1, 0.15) is 5.82 Å². The first-order chi connectivity index (χ1) is 9.58. The van der Waals surface area contributed by atoms with E-state index in [0.717, 1.165) is 25.7 Å². The molecule has 1 aromatic heterocycles. The van der Waals surface area contributed by atoms with Crippen molar-refractivity contribution in [3.05, 3.63) is 35.9 Å². The summed E-state index contributed by atoms with van der Waals surface area (Å²) in [6, 6.07) is 6.37. The van der Waals surface area contributed by atoms with Gasteiger partial charge in [-0.25, -0.2) is 4.39 Å². The van der Waals surface area contributed by atoms with E-state index in [-0.39, 0.29) is 11.7 Å². The number of nitrogens with zero attached hydrogens (tertiary/aromatic N) is 2. The number of aromatic nitrogens is 2. The molecule has 0 saturated heterocycles. The molecule has 4 nitrogen and oxygen atoms in total. The lowest BCUT2D eigenvalue weighted by atomic mass is 9.77. The highest BCUT2D eigenvalue weighted by Gasteiger charge is 2.36. The van der Waals surface area contributed by atoms with Crippen LogP contribution in [0.5, 0.6) is 0 Å². The zero-order valence-corrected chi connectivity index (χ0v) is 11.5. The van der Waals surface area contributed by atoms with Gasteiger partial charge in [0.05, 0.1) is 11.1 Å². The molecule has 106 valence electrons. The molecule has 3 rings (SSSR count).